The number of dihydropyridines is 1. The van der Waals surface area contributed by atoms with E-state index in [0.717, 1.165) is 11.3 Å². The van der Waals surface area contributed by atoms with Gasteiger partial charge in [-0.25, -0.2) is 9.59 Å². The molecule has 8 heteroatoms. The van der Waals surface area contributed by atoms with Crippen LogP contribution in [0.15, 0.2) is 65.0 Å². The van der Waals surface area contributed by atoms with Gasteiger partial charge in [-0.2, -0.15) is 0 Å². The van der Waals surface area contributed by atoms with Crippen LogP contribution in [-0.4, -0.2) is 46.2 Å². The summed E-state index contributed by atoms with van der Waals surface area (Å²) in [4.78, 5) is 38.4. The number of ketones is 1. The number of methoxy groups -OCH3 is 4. The smallest absolute Gasteiger partial charge is 0.337 e. The van der Waals surface area contributed by atoms with Gasteiger partial charge in [0.05, 0.1) is 39.6 Å². The Balaban J connectivity index is 1.76. The van der Waals surface area contributed by atoms with Crippen LogP contribution in [-0.2, 0) is 19.1 Å². The number of allylic oxidation sites excluding steroid dienone is 3. The minimum atomic E-state index is -0.612. The average Bonchev–Trinajstić information content (AvgIpc) is 2.90. The number of esters is 2. The first-order chi connectivity index (χ1) is 17.3. The van der Waals surface area contributed by atoms with Crippen LogP contribution in [0.1, 0.15) is 53.1 Å². The molecule has 4 rings (SSSR count). The summed E-state index contributed by atoms with van der Waals surface area (Å²) >= 11 is 0. The number of hydrogen-bond donors (Lipinski definition) is 1. The molecule has 188 valence electrons. The molecule has 1 aliphatic heterocycles. The largest absolute Gasteiger partial charge is 0.493 e. The van der Waals surface area contributed by atoms with Crippen LogP contribution < -0.4 is 14.8 Å². The fourth-order valence-electron chi connectivity index (χ4n) is 5.02. The summed E-state index contributed by atoms with van der Waals surface area (Å²) in [5.74, 6) is -0.485. The minimum absolute atomic E-state index is 0.0560. The van der Waals surface area contributed by atoms with E-state index in [-0.39, 0.29) is 18.1 Å². The van der Waals surface area contributed by atoms with E-state index >= 15 is 0 Å². The second-order valence-electron chi connectivity index (χ2n) is 8.74. The monoisotopic (exact) mass is 491 g/mol. The molecule has 0 radical (unpaired) electrons. The van der Waals surface area contributed by atoms with Gasteiger partial charge in [-0.05, 0) is 54.7 Å². The molecule has 0 unspecified atom stereocenters. The van der Waals surface area contributed by atoms with E-state index in [4.69, 9.17) is 18.9 Å². The summed E-state index contributed by atoms with van der Waals surface area (Å²) in [6, 6.07) is 12.4. The zero-order valence-corrected chi connectivity index (χ0v) is 21.0. The van der Waals surface area contributed by atoms with E-state index in [2.05, 4.69) is 5.32 Å². The molecule has 2 aromatic rings. The third-order valence-corrected chi connectivity index (χ3v) is 6.78. The molecule has 36 heavy (non-hydrogen) atoms. The topological polar surface area (TPSA) is 100 Å². The second kappa shape index (κ2) is 10.3. The number of nitrogens with one attached hydrogen (secondary N) is 1. The lowest BCUT2D eigenvalue weighted by Crippen LogP contribution is -2.36. The molecule has 0 aromatic heterocycles. The molecule has 8 nitrogen and oxygen atoms in total. The van der Waals surface area contributed by atoms with Crippen molar-refractivity contribution in [2.75, 3.05) is 28.4 Å². The Hall–Kier alpha value is -4.07. The van der Waals surface area contributed by atoms with Crippen molar-refractivity contribution in [2.24, 2.45) is 0 Å². The van der Waals surface area contributed by atoms with Gasteiger partial charge in [0.15, 0.2) is 17.3 Å². The van der Waals surface area contributed by atoms with Crippen molar-refractivity contribution in [3.8, 4) is 11.5 Å². The predicted molar refractivity (Wildman–Crippen MR) is 132 cm³/mol. The first-order valence-electron chi connectivity index (χ1n) is 11.5. The van der Waals surface area contributed by atoms with E-state index < -0.39 is 17.9 Å². The maximum Gasteiger partial charge on any atom is 0.337 e. The van der Waals surface area contributed by atoms with E-state index in [9.17, 15) is 14.4 Å². The van der Waals surface area contributed by atoms with Crippen LogP contribution in [0.4, 0.5) is 0 Å². The van der Waals surface area contributed by atoms with Crippen molar-refractivity contribution in [3.63, 3.8) is 0 Å². The molecule has 2 aliphatic rings. The Morgan fingerprint density at radius 2 is 1.47 bits per heavy atom. The lowest BCUT2D eigenvalue weighted by Gasteiger charge is -2.36. The number of benzene rings is 2. The molecule has 1 aliphatic carbocycles. The van der Waals surface area contributed by atoms with Gasteiger partial charge in [0.25, 0.3) is 0 Å². The highest BCUT2D eigenvalue weighted by Crippen LogP contribution is 2.46. The highest BCUT2D eigenvalue weighted by atomic mass is 16.5. The Labute approximate surface area is 209 Å². The Bertz CT molecular complexity index is 1270. The van der Waals surface area contributed by atoms with Crippen molar-refractivity contribution >= 4 is 17.7 Å². The van der Waals surface area contributed by atoms with Crippen LogP contribution in [0.3, 0.4) is 0 Å². The van der Waals surface area contributed by atoms with Crippen LogP contribution >= 0.6 is 0 Å². The van der Waals surface area contributed by atoms with Gasteiger partial charge in [0.2, 0.25) is 0 Å². The van der Waals surface area contributed by atoms with Gasteiger partial charge in [-0.15, -0.1) is 0 Å². The van der Waals surface area contributed by atoms with Gasteiger partial charge in [0, 0.05) is 29.3 Å². The van der Waals surface area contributed by atoms with Crippen molar-refractivity contribution in [1.82, 2.24) is 5.32 Å². The molecular formula is C28H29NO7. The summed E-state index contributed by atoms with van der Waals surface area (Å²) in [5.41, 5.74) is 4.39. The van der Waals surface area contributed by atoms with Crippen LogP contribution in [0.25, 0.3) is 0 Å². The number of hydrogen-bond acceptors (Lipinski definition) is 8. The number of Topliss-reactive ketones (excluding diaryl/α,β-unsaturated/α-hetero) is 1. The highest BCUT2D eigenvalue weighted by molar-refractivity contribution is 6.04. The summed E-state index contributed by atoms with van der Waals surface area (Å²) in [6.45, 7) is 1.80. The van der Waals surface area contributed by atoms with Crippen molar-refractivity contribution in [1.29, 1.82) is 0 Å². The number of ether oxygens (including phenoxy) is 4. The highest BCUT2D eigenvalue weighted by Gasteiger charge is 2.41. The predicted octanol–water partition coefficient (Wildman–Crippen LogP) is 4.03. The Kier molecular flexibility index (Phi) is 7.15. The maximum absolute atomic E-state index is 13.7. The molecule has 0 saturated heterocycles. The van der Waals surface area contributed by atoms with Gasteiger partial charge in [0.1, 0.15) is 0 Å². The zero-order chi connectivity index (χ0) is 26.0. The normalized spacial score (nSPS) is 19.3. The molecule has 0 bridgehead atoms. The number of carbonyl (C=O) groups excluding carboxylic acids is 3. The third kappa shape index (κ3) is 4.46. The first kappa shape index (κ1) is 25.0. The van der Waals surface area contributed by atoms with Gasteiger partial charge >= 0.3 is 11.9 Å². The molecule has 0 spiro atoms. The molecular weight excluding hydrogens is 462 g/mol. The molecule has 0 fully saturated rings. The lowest BCUT2D eigenvalue weighted by molar-refractivity contribution is -0.136. The molecule has 1 heterocycles. The van der Waals surface area contributed by atoms with Gasteiger partial charge in [-0.3, -0.25) is 4.79 Å². The van der Waals surface area contributed by atoms with Gasteiger partial charge < -0.3 is 24.3 Å². The summed E-state index contributed by atoms with van der Waals surface area (Å²) < 4.78 is 20.7. The van der Waals surface area contributed by atoms with Crippen molar-refractivity contribution < 1.29 is 33.3 Å². The minimum Gasteiger partial charge on any atom is -0.493 e. The molecule has 2 atom stereocenters. The molecule has 1 N–H and O–H groups in total. The third-order valence-electron chi connectivity index (χ3n) is 6.78. The van der Waals surface area contributed by atoms with E-state index in [1.807, 2.05) is 18.2 Å². The van der Waals surface area contributed by atoms with E-state index in [1.54, 1.807) is 45.4 Å². The van der Waals surface area contributed by atoms with E-state index in [0.29, 0.717) is 45.9 Å². The molecule has 2 aromatic carbocycles. The fourth-order valence-corrected chi connectivity index (χ4v) is 5.02. The van der Waals surface area contributed by atoms with Crippen LogP contribution in [0, 0.1) is 0 Å². The van der Waals surface area contributed by atoms with E-state index in [1.165, 1.54) is 14.2 Å². The zero-order valence-electron chi connectivity index (χ0n) is 21.0. The SMILES string of the molecule is COC(=O)C1=C(C)NC2=C(C(=O)C[C@H](c3ccc(OC)c(OC)c3)C2)[C@@H]1c1ccc(C(=O)OC)cc1. The Morgan fingerprint density at radius 3 is 2.08 bits per heavy atom. The van der Waals surface area contributed by atoms with Crippen LogP contribution in [0.5, 0.6) is 11.5 Å². The van der Waals surface area contributed by atoms with Crippen molar-refractivity contribution in [2.45, 2.75) is 31.6 Å². The lowest BCUT2D eigenvalue weighted by atomic mass is 9.71. The summed E-state index contributed by atoms with van der Waals surface area (Å²) in [6.07, 6.45) is 0.860. The standard InChI is InChI=1S/C28H29NO7/c1-15-24(28(32)36-5)25(16-6-8-17(9-7-16)27(31)35-4)26-20(29-15)12-19(13-21(26)30)18-10-11-22(33-2)23(14-18)34-3/h6-11,14,19,25,29H,12-13H2,1-5H3/t19-,25-/m1/s1. The molecule has 0 amide bonds. The van der Waals surface area contributed by atoms with Crippen molar-refractivity contribution in [3.05, 3.63) is 81.7 Å². The second-order valence-corrected chi connectivity index (χ2v) is 8.74. The molecule has 0 saturated carbocycles. The Morgan fingerprint density at radius 1 is 0.833 bits per heavy atom. The summed E-state index contributed by atoms with van der Waals surface area (Å²) in [7, 11) is 5.79. The van der Waals surface area contributed by atoms with Crippen LogP contribution in [0.2, 0.25) is 0 Å². The average molecular weight is 492 g/mol. The number of rotatable bonds is 6. The van der Waals surface area contributed by atoms with Gasteiger partial charge in [-0.1, -0.05) is 18.2 Å². The fraction of sp³-hybridized carbons (Fsp3) is 0.321. The number of carbonyl (C=O) groups is 3. The quantitative estimate of drug-likeness (QED) is 0.605. The summed E-state index contributed by atoms with van der Waals surface area (Å²) in [5, 5.41) is 3.31. The maximum atomic E-state index is 13.7. The first-order valence-corrected chi connectivity index (χ1v) is 11.5.